The Kier molecular flexibility index (Phi) is 9.39. The Morgan fingerprint density at radius 2 is 1.67 bits per heavy atom. The second-order valence-corrected chi connectivity index (χ2v) is 6.68. The van der Waals surface area contributed by atoms with Crippen LogP contribution in [0.2, 0.25) is 10.0 Å². The van der Waals surface area contributed by atoms with E-state index in [4.69, 9.17) is 23.2 Å². The second-order valence-electron chi connectivity index (χ2n) is 5.84. The number of hydrogen-bond donors (Lipinski definition) is 1. The fraction of sp³-hybridized carbons (Fsp3) is 0.667. The standard InChI is InChI=1S/C18H29Cl2N/c1-4-7-14(8-5-2)18(21-11-6-3)12-15-9-10-16(19)13-17(15)20/h9-10,13-14,18,21H,4-8,11-12H2,1-3H3. The summed E-state index contributed by atoms with van der Waals surface area (Å²) in [5.41, 5.74) is 1.20. The van der Waals surface area contributed by atoms with Gasteiger partial charge in [0, 0.05) is 16.1 Å². The van der Waals surface area contributed by atoms with Crippen LogP contribution in [0, 0.1) is 5.92 Å². The first kappa shape index (κ1) is 18.8. The summed E-state index contributed by atoms with van der Waals surface area (Å²) in [6.07, 6.45) is 7.18. The monoisotopic (exact) mass is 329 g/mol. The summed E-state index contributed by atoms with van der Waals surface area (Å²) in [6, 6.07) is 6.36. The van der Waals surface area contributed by atoms with Crippen LogP contribution in [-0.2, 0) is 6.42 Å². The maximum Gasteiger partial charge on any atom is 0.0453 e. The first-order valence-corrected chi connectivity index (χ1v) is 9.05. The van der Waals surface area contributed by atoms with Gasteiger partial charge >= 0.3 is 0 Å². The van der Waals surface area contributed by atoms with Crippen LogP contribution in [0.1, 0.15) is 58.4 Å². The van der Waals surface area contributed by atoms with Crippen LogP contribution in [0.5, 0.6) is 0 Å². The highest BCUT2D eigenvalue weighted by Crippen LogP contribution is 2.26. The van der Waals surface area contributed by atoms with Gasteiger partial charge in [-0.2, -0.15) is 0 Å². The lowest BCUT2D eigenvalue weighted by Crippen LogP contribution is -2.38. The molecule has 0 aromatic heterocycles. The van der Waals surface area contributed by atoms with Gasteiger partial charge in [-0.05, 0) is 55.8 Å². The molecule has 1 aromatic rings. The van der Waals surface area contributed by atoms with Gasteiger partial charge in [0.1, 0.15) is 0 Å². The van der Waals surface area contributed by atoms with Crippen molar-refractivity contribution in [3.63, 3.8) is 0 Å². The Bertz CT molecular complexity index is 400. The topological polar surface area (TPSA) is 12.0 Å². The minimum atomic E-state index is 0.503. The Morgan fingerprint density at radius 3 is 2.19 bits per heavy atom. The maximum absolute atomic E-state index is 6.35. The molecular formula is C18H29Cl2N. The van der Waals surface area contributed by atoms with Gasteiger partial charge in [-0.3, -0.25) is 0 Å². The zero-order chi connectivity index (χ0) is 15.7. The Hall–Kier alpha value is -0.240. The molecule has 0 saturated heterocycles. The van der Waals surface area contributed by atoms with Crippen molar-refractivity contribution in [3.05, 3.63) is 33.8 Å². The van der Waals surface area contributed by atoms with Crippen molar-refractivity contribution in [1.29, 1.82) is 0 Å². The average Bonchev–Trinajstić information content (AvgIpc) is 2.45. The van der Waals surface area contributed by atoms with Crippen LogP contribution >= 0.6 is 23.2 Å². The molecule has 1 unspecified atom stereocenters. The fourth-order valence-electron chi connectivity index (χ4n) is 2.95. The molecule has 0 aliphatic carbocycles. The van der Waals surface area contributed by atoms with Crippen molar-refractivity contribution in [1.82, 2.24) is 5.32 Å². The van der Waals surface area contributed by atoms with E-state index in [1.165, 1.54) is 31.2 Å². The molecule has 0 radical (unpaired) electrons. The van der Waals surface area contributed by atoms with Crippen LogP contribution < -0.4 is 5.32 Å². The van der Waals surface area contributed by atoms with E-state index < -0.39 is 0 Å². The van der Waals surface area contributed by atoms with Gasteiger partial charge in [0.15, 0.2) is 0 Å². The third-order valence-electron chi connectivity index (χ3n) is 4.00. The van der Waals surface area contributed by atoms with Crippen LogP contribution in [0.3, 0.4) is 0 Å². The van der Waals surface area contributed by atoms with E-state index in [9.17, 15) is 0 Å². The van der Waals surface area contributed by atoms with E-state index in [-0.39, 0.29) is 0 Å². The lowest BCUT2D eigenvalue weighted by molar-refractivity contribution is 0.309. The first-order chi connectivity index (χ1) is 10.1. The third kappa shape index (κ3) is 6.59. The fourth-order valence-corrected chi connectivity index (χ4v) is 3.43. The van der Waals surface area contributed by atoms with Crippen molar-refractivity contribution >= 4 is 23.2 Å². The van der Waals surface area contributed by atoms with Gasteiger partial charge in [0.25, 0.3) is 0 Å². The zero-order valence-corrected chi connectivity index (χ0v) is 15.1. The van der Waals surface area contributed by atoms with Gasteiger partial charge in [-0.15, -0.1) is 0 Å². The summed E-state index contributed by atoms with van der Waals surface area (Å²) >= 11 is 12.4. The molecule has 1 aromatic carbocycles. The van der Waals surface area contributed by atoms with Crippen LogP contribution in [0.15, 0.2) is 18.2 Å². The van der Waals surface area contributed by atoms with E-state index in [0.717, 1.165) is 30.3 Å². The van der Waals surface area contributed by atoms with Gasteiger partial charge in [-0.25, -0.2) is 0 Å². The maximum atomic E-state index is 6.35. The molecule has 3 heteroatoms. The molecule has 0 bridgehead atoms. The normalized spacial score (nSPS) is 12.9. The lowest BCUT2D eigenvalue weighted by atomic mass is 9.86. The van der Waals surface area contributed by atoms with Crippen LogP contribution in [-0.4, -0.2) is 12.6 Å². The van der Waals surface area contributed by atoms with Crippen molar-refractivity contribution in [2.45, 2.75) is 65.3 Å². The largest absolute Gasteiger partial charge is 0.313 e. The Morgan fingerprint density at radius 1 is 1.00 bits per heavy atom. The smallest absolute Gasteiger partial charge is 0.0453 e. The Labute approximate surface area is 140 Å². The molecule has 1 rings (SSSR count). The molecule has 21 heavy (non-hydrogen) atoms. The minimum absolute atomic E-state index is 0.503. The van der Waals surface area contributed by atoms with E-state index in [1.807, 2.05) is 12.1 Å². The van der Waals surface area contributed by atoms with Crippen molar-refractivity contribution in [2.75, 3.05) is 6.54 Å². The number of halogens is 2. The summed E-state index contributed by atoms with van der Waals surface area (Å²) in [4.78, 5) is 0. The molecule has 0 aliphatic heterocycles. The van der Waals surface area contributed by atoms with Gasteiger partial charge in [0.05, 0.1) is 0 Å². The molecular weight excluding hydrogens is 301 g/mol. The highest BCUT2D eigenvalue weighted by molar-refractivity contribution is 6.35. The van der Waals surface area contributed by atoms with Gasteiger partial charge in [-0.1, -0.05) is 62.9 Å². The Balaban J connectivity index is 2.84. The molecule has 0 heterocycles. The summed E-state index contributed by atoms with van der Waals surface area (Å²) in [7, 11) is 0. The molecule has 1 N–H and O–H groups in total. The van der Waals surface area contributed by atoms with Gasteiger partial charge in [0.2, 0.25) is 0 Å². The zero-order valence-electron chi connectivity index (χ0n) is 13.6. The molecule has 0 spiro atoms. The average molecular weight is 330 g/mol. The first-order valence-electron chi connectivity index (χ1n) is 8.29. The molecule has 0 aliphatic rings. The summed E-state index contributed by atoms with van der Waals surface area (Å²) in [6.45, 7) is 7.83. The molecule has 1 nitrogen and oxygen atoms in total. The molecule has 0 saturated carbocycles. The molecule has 0 amide bonds. The number of hydrogen-bond acceptors (Lipinski definition) is 1. The minimum Gasteiger partial charge on any atom is -0.313 e. The van der Waals surface area contributed by atoms with Crippen molar-refractivity contribution in [2.24, 2.45) is 5.92 Å². The predicted molar refractivity (Wildman–Crippen MR) is 95.6 cm³/mol. The van der Waals surface area contributed by atoms with Crippen molar-refractivity contribution in [3.8, 4) is 0 Å². The number of rotatable bonds is 10. The second kappa shape index (κ2) is 10.5. The van der Waals surface area contributed by atoms with Crippen LogP contribution in [0.25, 0.3) is 0 Å². The highest BCUT2D eigenvalue weighted by Gasteiger charge is 2.21. The summed E-state index contributed by atoms with van der Waals surface area (Å²) < 4.78 is 0. The molecule has 120 valence electrons. The number of benzene rings is 1. The van der Waals surface area contributed by atoms with E-state index in [1.54, 1.807) is 0 Å². The summed E-state index contributed by atoms with van der Waals surface area (Å²) in [5, 5.41) is 5.24. The van der Waals surface area contributed by atoms with Crippen molar-refractivity contribution < 1.29 is 0 Å². The van der Waals surface area contributed by atoms with Crippen LogP contribution in [0.4, 0.5) is 0 Å². The van der Waals surface area contributed by atoms with Gasteiger partial charge < -0.3 is 5.32 Å². The summed E-state index contributed by atoms with van der Waals surface area (Å²) in [5.74, 6) is 0.721. The SMILES string of the molecule is CCCNC(Cc1ccc(Cl)cc1Cl)C(CCC)CCC. The van der Waals surface area contributed by atoms with E-state index in [2.05, 4.69) is 32.2 Å². The van der Waals surface area contributed by atoms with E-state index in [0.29, 0.717) is 11.1 Å². The quantitative estimate of drug-likeness (QED) is 0.545. The van der Waals surface area contributed by atoms with E-state index >= 15 is 0 Å². The molecule has 1 atom stereocenters. The predicted octanol–water partition coefficient (Wildman–Crippen LogP) is 6.12. The third-order valence-corrected chi connectivity index (χ3v) is 4.59. The highest BCUT2D eigenvalue weighted by atomic mass is 35.5. The lowest BCUT2D eigenvalue weighted by Gasteiger charge is -2.28. The molecule has 0 fully saturated rings. The number of nitrogens with one attached hydrogen (secondary N) is 1.